The van der Waals surface area contributed by atoms with E-state index in [1.54, 1.807) is 6.07 Å². The maximum absolute atomic E-state index is 13.0. The molecule has 2 aromatic carbocycles. The molecule has 0 radical (unpaired) electrons. The van der Waals surface area contributed by atoms with Crippen molar-refractivity contribution in [1.82, 2.24) is 14.7 Å². The first-order valence-electron chi connectivity index (χ1n) is 10.0. The summed E-state index contributed by atoms with van der Waals surface area (Å²) in [4.78, 5) is 4.67. The Morgan fingerprint density at radius 2 is 1.88 bits per heavy atom. The summed E-state index contributed by atoms with van der Waals surface area (Å²) >= 11 is 3.57. The minimum Gasteiger partial charge on any atom is -0.370 e. The highest BCUT2D eigenvalue weighted by atomic mass is 79.9. The molecule has 2 N–H and O–H groups in total. The SMILES string of the molecule is CCNCCNc1cc(-c2ccc(C(F)(F)F)cc2)c(C#N)c2nc3cccc(Br)c3n12. The molecule has 164 valence electrons. The molecule has 0 bridgehead atoms. The van der Waals surface area contributed by atoms with E-state index in [0.717, 1.165) is 35.2 Å². The zero-order valence-corrected chi connectivity index (χ0v) is 18.7. The highest BCUT2D eigenvalue weighted by Crippen LogP contribution is 2.36. The fourth-order valence-electron chi connectivity index (χ4n) is 3.64. The van der Waals surface area contributed by atoms with E-state index >= 15 is 0 Å². The molecule has 0 fully saturated rings. The first-order chi connectivity index (χ1) is 15.3. The Kier molecular flexibility index (Phi) is 6.09. The Morgan fingerprint density at radius 3 is 2.53 bits per heavy atom. The van der Waals surface area contributed by atoms with Crippen molar-refractivity contribution >= 4 is 38.4 Å². The number of nitrogens with one attached hydrogen (secondary N) is 2. The molecule has 0 aliphatic rings. The summed E-state index contributed by atoms with van der Waals surface area (Å²) < 4.78 is 41.7. The van der Waals surface area contributed by atoms with Gasteiger partial charge in [0, 0.05) is 23.1 Å². The third-order valence-corrected chi connectivity index (χ3v) is 5.77. The topological polar surface area (TPSA) is 65.1 Å². The van der Waals surface area contributed by atoms with Gasteiger partial charge in [-0.3, -0.25) is 4.40 Å². The van der Waals surface area contributed by atoms with Gasteiger partial charge in [-0.25, -0.2) is 4.98 Å². The van der Waals surface area contributed by atoms with Crippen LogP contribution in [0.5, 0.6) is 0 Å². The van der Waals surface area contributed by atoms with E-state index in [4.69, 9.17) is 0 Å². The first kappa shape index (κ1) is 22.1. The molecule has 2 heterocycles. The summed E-state index contributed by atoms with van der Waals surface area (Å²) in [5, 5.41) is 16.6. The number of nitriles is 1. The summed E-state index contributed by atoms with van der Waals surface area (Å²) in [6.07, 6.45) is -4.42. The van der Waals surface area contributed by atoms with E-state index in [2.05, 4.69) is 37.6 Å². The average Bonchev–Trinajstić information content (AvgIpc) is 3.17. The smallest absolute Gasteiger partial charge is 0.370 e. The number of alkyl halides is 3. The van der Waals surface area contributed by atoms with Crippen molar-refractivity contribution in [3.63, 3.8) is 0 Å². The van der Waals surface area contributed by atoms with Crippen molar-refractivity contribution in [1.29, 1.82) is 5.26 Å². The molecule has 4 aromatic rings. The van der Waals surface area contributed by atoms with Gasteiger partial charge in [-0.15, -0.1) is 0 Å². The van der Waals surface area contributed by atoms with Crippen LogP contribution in [0.25, 0.3) is 27.8 Å². The van der Waals surface area contributed by atoms with E-state index in [0.29, 0.717) is 40.2 Å². The van der Waals surface area contributed by atoms with Gasteiger partial charge in [-0.2, -0.15) is 18.4 Å². The summed E-state index contributed by atoms with van der Waals surface area (Å²) in [5.74, 6) is 0.696. The minimum absolute atomic E-state index is 0.296. The molecule has 0 aliphatic heterocycles. The maximum atomic E-state index is 13.0. The number of para-hydroxylation sites is 1. The Balaban J connectivity index is 1.94. The molecule has 32 heavy (non-hydrogen) atoms. The molecule has 9 heteroatoms. The minimum atomic E-state index is -4.42. The number of benzene rings is 2. The lowest BCUT2D eigenvalue weighted by atomic mass is 10.00. The van der Waals surface area contributed by atoms with Crippen LogP contribution < -0.4 is 10.6 Å². The largest absolute Gasteiger partial charge is 0.416 e. The van der Waals surface area contributed by atoms with Crippen molar-refractivity contribution in [2.75, 3.05) is 25.0 Å². The van der Waals surface area contributed by atoms with E-state index in [1.807, 2.05) is 29.5 Å². The average molecular weight is 502 g/mol. The fourth-order valence-corrected chi connectivity index (χ4v) is 4.18. The summed E-state index contributed by atoms with van der Waals surface area (Å²) in [6.45, 7) is 4.19. The number of rotatable bonds is 6. The third-order valence-electron chi connectivity index (χ3n) is 5.14. The molecule has 4 rings (SSSR count). The van der Waals surface area contributed by atoms with Crippen molar-refractivity contribution < 1.29 is 13.2 Å². The van der Waals surface area contributed by atoms with Gasteiger partial charge in [0.2, 0.25) is 0 Å². The predicted octanol–water partition coefficient (Wildman–Crippen LogP) is 5.83. The van der Waals surface area contributed by atoms with Crippen LogP contribution in [0.3, 0.4) is 0 Å². The van der Waals surface area contributed by atoms with E-state index in [-0.39, 0.29) is 0 Å². The number of hydrogen-bond donors (Lipinski definition) is 2. The Hall–Kier alpha value is -3.09. The Morgan fingerprint density at radius 1 is 1.12 bits per heavy atom. The zero-order chi connectivity index (χ0) is 22.9. The molecular formula is C23H19BrF3N5. The lowest BCUT2D eigenvalue weighted by Crippen LogP contribution is -2.22. The standard InChI is InChI=1S/C23H19BrF3N5/c1-2-29-10-11-30-20-12-16(14-6-8-15(9-7-14)23(25,26)27)17(13-28)22-31-19-5-3-4-18(24)21(19)32(20)22/h3-9,12,29-30H,2,10-11H2,1H3. The highest BCUT2D eigenvalue weighted by molar-refractivity contribution is 9.10. The van der Waals surface area contributed by atoms with Gasteiger partial charge < -0.3 is 10.6 Å². The van der Waals surface area contributed by atoms with E-state index in [9.17, 15) is 18.4 Å². The number of pyridine rings is 1. The molecule has 0 unspecified atom stereocenters. The lowest BCUT2D eigenvalue weighted by molar-refractivity contribution is -0.137. The normalized spacial score (nSPS) is 11.8. The van der Waals surface area contributed by atoms with Crippen LogP contribution in [-0.4, -0.2) is 29.0 Å². The zero-order valence-electron chi connectivity index (χ0n) is 17.1. The number of fused-ring (bicyclic) bond motifs is 3. The van der Waals surface area contributed by atoms with Crippen LogP contribution in [0.15, 0.2) is 53.0 Å². The molecule has 0 saturated carbocycles. The number of nitrogens with zero attached hydrogens (tertiary/aromatic N) is 3. The van der Waals surface area contributed by atoms with Gasteiger partial charge in [-0.1, -0.05) is 25.1 Å². The maximum Gasteiger partial charge on any atom is 0.416 e. The van der Waals surface area contributed by atoms with E-state index < -0.39 is 11.7 Å². The number of anilines is 1. The van der Waals surface area contributed by atoms with Crippen LogP contribution in [0.4, 0.5) is 19.0 Å². The van der Waals surface area contributed by atoms with Crippen LogP contribution >= 0.6 is 15.9 Å². The summed E-state index contributed by atoms with van der Waals surface area (Å²) in [5.41, 5.74) is 2.55. The summed E-state index contributed by atoms with van der Waals surface area (Å²) in [6, 6.07) is 14.4. The van der Waals surface area contributed by atoms with Gasteiger partial charge in [-0.05, 0) is 58.4 Å². The number of likely N-dealkylation sites (N-methyl/N-ethyl adjacent to an activating group) is 1. The molecule has 0 aliphatic carbocycles. The molecule has 0 saturated heterocycles. The lowest BCUT2D eigenvalue weighted by Gasteiger charge is -2.15. The van der Waals surface area contributed by atoms with Crippen LogP contribution in [0.1, 0.15) is 18.1 Å². The van der Waals surface area contributed by atoms with Gasteiger partial charge in [0.1, 0.15) is 17.5 Å². The third kappa shape index (κ3) is 4.04. The van der Waals surface area contributed by atoms with Crippen molar-refractivity contribution in [3.05, 3.63) is 64.1 Å². The van der Waals surface area contributed by atoms with Gasteiger partial charge in [0.25, 0.3) is 0 Å². The quantitative estimate of drug-likeness (QED) is 0.326. The molecule has 0 amide bonds. The molecular weight excluding hydrogens is 483 g/mol. The fraction of sp³-hybridized carbons (Fsp3) is 0.217. The second-order valence-electron chi connectivity index (χ2n) is 7.16. The van der Waals surface area contributed by atoms with Crippen molar-refractivity contribution in [2.24, 2.45) is 0 Å². The second kappa shape index (κ2) is 8.81. The highest BCUT2D eigenvalue weighted by Gasteiger charge is 2.30. The second-order valence-corrected chi connectivity index (χ2v) is 8.02. The Labute approximate surface area is 191 Å². The van der Waals surface area contributed by atoms with Crippen molar-refractivity contribution in [2.45, 2.75) is 13.1 Å². The van der Waals surface area contributed by atoms with E-state index in [1.165, 1.54) is 12.1 Å². The predicted molar refractivity (Wildman–Crippen MR) is 123 cm³/mol. The monoisotopic (exact) mass is 501 g/mol. The van der Waals surface area contributed by atoms with Gasteiger partial charge >= 0.3 is 6.18 Å². The van der Waals surface area contributed by atoms with Crippen LogP contribution in [-0.2, 0) is 6.18 Å². The molecule has 0 atom stereocenters. The van der Waals surface area contributed by atoms with Crippen LogP contribution in [0.2, 0.25) is 0 Å². The Bertz CT molecular complexity index is 1320. The van der Waals surface area contributed by atoms with Gasteiger partial charge in [0.05, 0.1) is 16.6 Å². The number of halogens is 4. The molecule has 5 nitrogen and oxygen atoms in total. The number of imidazole rings is 1. The molecule has 0 spiro atoms. The number of aromatic nitrogens is 2. The van der Waals surface area contributed by atoms with Crippen molar-refractivity contribution in [3.8, 4) is 17.2 Å². The summed E-state index contributed by atoms with van der Waals surface area (Å²) in [7, 11) is 0. The van der Waals surface area contributed by atoms with Gasteiger partial charge in [0.15, 0.2) is 5.65 Å². The van der Waals surface area contributed by atoms with Crippen LogP contribution in [0, 0.1) is 11.3 Å². The molecule has 2 aromatic heterocycles. The first-order valence-corrected chi connectivity index (χ1v) is 10.8. The number of hydrogen-bond acceptors (Lipinski definition) is 4.